The minimum atomic E-state index is 0.629. The van der Waals surface area contributed by atoms with Crippen molar-refractivity contribution in [2.45, 2.75) is 104 Å². The normalized spacial score (nSPS) is 24.2. The second kappa shape index (κ2) is 9.83. The molecular weight excluding hydrogens is 220 g/mol. The fourth-order valence-corrected chi connectivity index (χ4v) is 2.82. The molecule has 0 N–H and O–H groups in total. The van der Waals surface area contributed by atoms with E-state index in [1.54, 1.807) is 0 Å². The summed E-state index contributed by atoms with van der Waals surface area (Å²) in [5.74, 6) is 0.926. The molecule has 0 bridgehead atoms. The van der Waals surface area contributed by atoms with Gasteiger partial charge in [-0.05, 0) is 18.8 Å². The molecule has 1 saturated heterocycles. The third-order valence-electron chi connectivity index (χ3n) is 4.27. The van der Waals surface area contributed by atoms with E-state index in [-0.39, 0.29) is 0 Å². The van der Waals surface area contributed by atoms with E-state index in [0.717, 1.165) is 5.92 Å². The van der Waals surface area contributed by atoms with E-state index in [1.807, 2.05) is 0 Å². The van der Waals surface area contributed by atoms with Gasteiger partial charge in [0.25, 0.3) is 0 Å². The van der Waals surface area contributed by atoms with Crippen molar-refractivity contribution in [2.24, 2.45) is 5.92 Å². The van der Waals surface area contributed by atoms with E-state index in [4.69, 9.17) is 4.74 Å². The molecule has 18 heavy (non-hydrogen) atoms. The van der Waals surface area contributed by atoms with Crippen molar-refractivity contribution in [3.05, 3.63) is 0 Å². The zero-order chi connectivity index (χ0) is 13.2. The van der Waals surface area contributed by atoms with E-state index in [0.29, 0.717) is 12.2 Å². The molecule has 0 aromatic carbocycles. The Bertz CT molecular complexity index is 190. The van der Waals surface area contributed by atoms with E-state index >= 15 is 0 Å². The lowest BCUT2D eigenvalue weighted by Crippen LogP contribution is -1.98. The van der Waals surface area contributed by atoms with E-state index in [1.165, 1.54) is 70.6 Å². The molecule has 0 radical (unpaired) electrons. The van der Waals surface area contributed by atoms with Gasteiger partial charge in [-0.1, -0.05) is 78.6 Å². The lowest BCUT2D eigenvalue weighted by molar-refractivity contribution is 0.343. The molecular formula is C17H34O. The SMILES string of the molecule is CCCCCCC(C)CCCC1OC1CCCC. The molecule has 0 aromatic heterocycles. The number of epoxide rings is 1. The van der Waals surface area contributed by atoms with Crippen LogP contribution in [-0.4, -0.2) is 12.2 Å². The Morgan fingerprint density at radius 1 is 0.778 bits per heavy atom. The first-order valence-corrected chi connectivity index (χ1v) is 8.43. The van der Waals surface area contributed by atoms with Gasteiger partial charge in [0.15, 0.2) is 0 Å². The third-order valence-corrected chi connectivity index (χ3v) is 4.27. The molecule has 0 amide bonds. The van der Waals surface area contributed by atoms with Gasteiger partial charge in [0.05, 0.1) is 12.2 Å². The summed E-state index contributed by atoms with van der Waals surface area (Å²) in [5.41, 5.74) is 0. The largest absolute Gasteiger partial charge is 0.370 e. The van der Waals surface area contributed by atoms with Crippen LogP contribution in [0.15, 0.2) is 0 Å². The maximum atomic E-state index is 5.71. The van der Waals surface area contributed by atoms with Crippen LogP contribution in [0.25, 0.3) is 0 Å². The van der Waals surface area contributed by atoms with Crippen molar-refractivity contribution in [1.82, 2.24) is 0 Å². The molecule has 1 nitrogen and oxygen atoms in total. The molecule has 108 valence electrons. The van der Waals surface area contributed by atoms with Crippen LogP contribution >= 0.6 is 0 Å². The number of hydrogen-bond acceptors (Lipinski definition) is 1. The fourth-order valence-electron chi connectivity index (χ4n) is 2.82. The quantitative estimate of drug-likeness (QED) is 0.320. The Kier molecular flexibility index (Phi) is 8.75. The first-order valence-electron chi connectivity index (χ1n) is 8.43. The molecule has 0 aromatic rings. The molecule has 3 unspecified atom stereocenters. The molecule has 0 aliphatic carbocycles. The van der Waals surface area contributed by atoms with Crippen LogP contribution in [0.3, 0.4) is 0 Å². The fraction of sp³-hybridized carbons (Fsp3) is 1.00. The molecule has 1 aliphatic heterocycles. The van der Waals surface area contributed by atoms with Crippen molar-refractivity contribution in [2.75, 3.05) is 0 Å². The summed E-state index contributed by atoms with van der Waals surface area (Å²) in [4.78, 5) is 0. The van der Waals surface area contributed by atoms with E-state index in [2.05, 4.69) is 20.8 Å². The zero-order valence-electron chi connectivity index (χ0n) is 12.9. The van der Waals surface area contributed by atoms with Gasteiger partial charge in [-0.3, -0.25) is 0 Å². The zero-order valence-corrected chi connectivity index (χ0v) is 12.9. The van der Waals surface area contributed by atoms with Gasteiger partial charge < -0.3 is 4.74 Å². The van der Waals surface area contributed by atoms with Gasteiger partial charge in [0.2, 0.25) is 0 Å². The molecule has 3 atom stereocenters. The number of rotatable bonds is 12. The van der Waals surface area contributed by atoms with Crippen LogP contribution in [0, 0.1) is 5.92 Å². The second-order valence-electron chi connectivity index (χ2n) is 6.24. The van der Waals surface area contributed by atoms with Crippen molar-refractivity contribution in [3.8, 4) is 0 Å². The monoisotopic (exact) mass is 254 g/mol. The maximum absolute atomic E-state index is 5.71. The summed E-state index contributed by atoms with van der Waals surface area (Å²) < 4.78 is 5.71. The van der Waals surface area contributed by atoms with Gasteiger partial charge in [-0.2, -0.15) is 0 Å². The summed E-state index contributed by atoms with van der Waals surface area (Å²) in [6, 6.07) is 0. The van der Waals surface area contributed by atoms with Gasteiger partial charge in [0, 0.05) is 0 Å². The van der Waals surface area contributed by atoms with Crippen LogP contribution in [0.2, 0.25) is 0 Å². The summed E-state index contributed by atoms with van der Waals surface area (Å²) in [6.45, 7) is 6.97. The van der Waals surface area contributed by atoms with Crippen molar-refractivity contribution < 1.29 is 4.74 Å². The number of unbranched alkanes of at least 4 members (excludes halogenated alkanes) is 4. The Morgan fingerprint density at radius 2 is 1.39 bits per heavy atom. The standard InChI is InChI=1S/C17H34O/c1-4-6-8-9-11-15(3)12-10-14-17-16(18-17)13-7-5-2/h15-17H,4-14H2,1-3H3. The molecule has 0 saturated carbocycles. The first-order chi connectivity index (χ1) is 8.77. The summed E-state index contributed by atoms with van der Waals surface area (Å²) >= 11 is 0. The highest BCUT2D eigenvalue weighted by Gasteiger charge is 2.36. The average Bonchev–Trinajstić information content (AvgIpc) is 3.11. The van der Waals surface area contributed by atoms with Gasteiger partial charge in [0.1, 0.15) is 0 Å². The van der Waals surface area contributed by atoms with Crippen LogP contribution in [-0.2, 0) is 4.74 Å². The maximum Gasteiger partial charge on any atom is 0.0841 e. The second-order valence-corrected chi connectivity index (χ2v) is 6.24. The van der Waals surface area contributed by atoms with Crippen molar-refractivity contribution in [3.63, 3.8) is 0 Å². The Morgan fingerprint density at radius 3 is 2.06 bits per heavy atom. The van der Waals surface area contributed by atoms with Crippen molar-refractivity contribution >= 4 is 0 Å². The lowest BCUT2D eigenvalue weighted by atomic mass is 9.96. The van der Waals surface area contributed by atoms with E-state index in [9.17, 15) is 0 Å². The van der Waals surface area contributed by atoms with Crippen molar-refractivity contribution in [1.29, 1.82) is 0 Å². The number of hydrogen-bond donors (Lipinski definition) is 0. The molecule has 1 fully saturated rings. The predicted octanol–water partition coefficient (Wildman–Crippen LogP) is 5.72. The highest BCUT2D eigenvalue weighted by molar-refractivity contribution is 4.84. The summed E-state index contributed by atoms with van der Waals surface area (Å²) in [7, 11) is 0. The minimum Gasteiger partial charge on any atom is -0.370 e. The Hall–Kier alpha value is -0.0400. The summed E-state index contributed by atoms with van der Waals surface area (Å²) in [5, 5.41) is 0. The lowest BCUT2D eigenvalue weighted by Gasteiger charge is -2.10. The molecule has 0 spiro atoms. The molecule has 1 rings (SSSR count). The minimum absolute atomic E-state index is 0.629. The van der Waals surface area contributed by atoms with Gasteiger partial charge >= 0.3 is 0 Å². The molecule has 1 heteroatoms. The highest BCUT2D eigenvalue weighted by Crippen LogP contribution is 2.32. The predicted molar refractivity (Wildman–Crippen MR) is 80.0 cm³/mol. The Balaban J connectivity index is 1.86. The highest BCUT2D eigenvalue weighted by atomic mass is 16.6. The number of ether oxygens (including phenoxy) is 1. The van der Waals surface area contributed by atoms with Crippen LogP contribution in [0.1, 0.15) is 91.4 Å². The smallest absolute Gasteiger partial charge is 0.0841 e. The molecule has 1 heterocycles. The Labute approximate surface area is 115 Å². The summed E-state index contributed by atoms with van der Waals surface area (Å²) in [6.07, 6.45) is 16.4. The molecule has 1 aliphatic rings. The van der Waals surface area contributed by atoms with Gasteiger partial charge in [-0.15, -0.1) is 0 Å². The average molecular weight is 254 g/mol. The third kappa shape index (κ3) is 7.41. The van der Waals surface area contributed by atoms with Gasteiger partial charge in [-0.25, -0.2) is 0 Å². The topological polar surface area (TPSA) is 12.5 Å². The van der Waals surface area contributed by atoms with Crippen LogP contribution < -0.4 is 0 Å². The van der Waals surface area contributed by atoms with Crippen LogP contribution in [0.5, 0.6) is 0 Å². The first kappa shape index (κ1) is 16.0. The van der Waals surface area contributed by atoms with Crippen LogP contribution in [0.4, 0.5) is 0 Å². The van der Waals surface area contributed by atoms with E-state index < -0.39 is 0 Å².